The van der Waals surface area contributed by atoms with Crippen molar-refractivity contribution < 1.29 is 0 Å². The van der Waals surface area contributed by atoms with Gasteiger partial charge in [0.25, 0.3) is 0 Å². The molecule has 98 valence electrons. The lowest BCUT2D eigenvalue weighted by atomic mass is 9.90. The van der Waals surface area contributed by atoms with Gasteiger partial charge < -0.3 is 5.32 Å². The van der Waals surface area contributed by atoms with E-state index in [2.05, 4.69) is 42.4 Å². The highest BCUT2D eigenvalue weighted by Crippen LogP contribution is 2.26. The maximum atomic E-state index is 9.17. The van der Waals surface area contributed by atoms with Crippen LogP contribution in [0.2, 0.25) is 0 Å². The first kappa shape index (κ1) is 13.3. The van der Waals surface area contributed by atoms with Crippen LogP contribution in [-0.4, -0.2) is 16.7 Å². The lowest BCUT2D eigenvalue weighted by Gasteiger charge is -2.24. The van der Waals surface area contributed by atoms with E-state index in [9.17, 15) is 5.26 Å². The predicted molar refractivity (Wildman–Crippen MR) is 76.8 cm³/mol. The molecule has 0 bridgehead atoms. The Balaban J connectivity index is 2.43. The zero-order valence-corrected chi connectivity index (χ0v) is 11.6. The Morgan fingerprint density at radius 2 is 2.00 bits per heavy atom. The lowest BCUT2D eigenvalue weighted by molar-refractivity contribution is 0.377. The second-order valence-corrected chi connectivity index (χ2v) is 5.42. The maximum Gasteiger partial charge on any atom is 0.186 e. The Hall–Kier alpha value is -2.15. The average Bonchev–Trinajstić information content (AvgIpc) is 2.44. The smallest absolute Gasteiger partial charge is 0.186 e. The quantitative estimate of drug-likeness (QED) is 0.908. The van der Waals surface area contributed by atoms with Crippen molar-refractivity contribution >= 4 is 16.6 Å². The van der Waals surface area contributed by atoms with Crippen LogP contribution in [0.15, 0.2) is 24.3 Å². The van der Waals surface area contributed by atoms with Gasteiger partial charge in [-0.05, 0) is 17.9 Å². The fraction of sp³-hybridized carbons (Fsp3) is 0.400. The topological polar surface area (TPSA) is 61.6 Å². The minimum atomic E-state index is 0.178. The Labute approximate surface area is 113 Å². The fourth-order valence-corrected chi connectivity index (χ4v) is 1.76. The highest BCUT2D eigenvalue weighted by molar-refractivity contribution is 5.92. The number of hydrogen-bond donors (Lipinski definition) is 1. The van der Waals surface area contributed by atoms with Crippen molar-refractivity contribution in [1.29, 1.82) is 5.26 Å². The van der Waals surface area contributed by atoms with E-state index < -0.39 is 0 Å². The van der Waals surface area contributed by atoms with Crippen molar-refractivity contribution in [3.05, 3.63) is 30.0 Å². The Kier molecular flexibility index (Phi) is 3.66. The molecule has 0 spiro atoms. The summed E-state index contributed by atoms with van der Waals surface area (Å²) in [6, 6.07) is 9.84. The molecule has 0 radical (unpaired) electrons. The first-order chi connectivity index (χ1) is 9.07. The van der Waals surface area contributed by atoms with Gasteiger partial charge in [-0.3, -0.25) is 0 Å². The number of benzene rings is 1. The van der Waals surface area contributed by atoms with E-state index in [0.29, 0.717) is 5.69 Å². The van der Waals surface area contributed by atoms with Crippen LogP contribution in [0, 0.1) is 16.7 Å². The third-order valence-electron chi connectivity index (χ3n) is 3.47. The van der Waals surface area contributed by atoms with Crippen LogP contribution in [0.25, 0.3) is 10.9 Å². The van der Waals surface area contributed by atoms with Gasteiger partial charge in [-0.1, -0.05) is 39.0 Å². The minimum Gasteiger partial charge on any atom is -0.382 e. The molecule has 0 saturated heterocycles. The third kappa shape index (κ3) is 2.82. The van der Waals surface area contributed by atoms with E-state index in [4.69, 9.17) is 0 Å². The second kappa shape index (κ2) is 5.23. The Morgan fingerprint density at radius 1 is 1.26 bits per heavy atom. The van der Waals surface area contributed by atoms with Gasteiger partial charge in [0.1, 0.15) is 6.07 Å². The molecule has 19 heavy (non-hydrogen) atoms. The van der Waals surface area contributed by atoms with E-state index in [1.165, 1.54) is 0 Å². The number of rotatable bonds is 4. The third-order valence-corrected chi connectivity index (χ3v) is 3.47. The molecule has 0 fully saturated rings. The molecule has 2 aromatic rings. The average molecular weight is 254 g/mol. The monoisotopic (exact) mass is 254 g/mol. The van der Waals surface area contributed by atoms with Crippen LogP contribution in [0.5, 0.6) is 0 Å². The normalized spacial score (nSPS) is 11.3. The van der Waals surface area contributed by atoms with Gasteiger partial charge in [0.05, 0.1) is 11.2 Å². The first-order valence-electron chi connectivity index (χ1n) is 6.47. The number of hydrogen-bond acceptors (Lipinski definition) is 4. The Bertz CT molecular complexity index is 626. The van der Waals surface area contributed by atoms with E-state index in [1.54, 1.807) is 0 Å². The van der Waals surface area contributed by atoms with Gasteiger partial charge in [0.2, 0.25) is 0 Å². The number of nitriles is 1. The van der Waals surface area contributed by atoms with Crippen molar-refractivity contribution in [2.24, 2.45) is 5.41 Å². The molecule has 0 aliphatic heterocycles. The van der Waals surface area contributed by atoms with Gasteiger partial charge in [0, 0.05) is 11.9 Å². The molecule has 4 nitrogen and oxygen atoms in total. The highest BCUT2D eigenvalue weighted by atomic mass is 15.1. The van der Waals surface area contributed by atoms with Gasteiger partial charge in [-0.15, -0.1) is 10.2 Å². The highest BCUT2D eigenvalue weighted by Gasteiger charge is 2.17. The summed E-state index contributed by atoms with van der Waals surface area (Å²) in [6.07, 6.45) is 1.07. The molecule has 0 aliphatic carbocycles. The van der Waals surface area contributed by atoms with Crippen LogP contribution in [-0.2, 0) is 0 Å². The van der Waals surface area contributed by atoms with Gasteiger partial charge in [0.15, 0.2) is 5.69 Å². The molecule has 1 N–H and O–H groups in total. The molecule has 1 aromatic heterocycles. The zero-order valence-electron chi connectivity index (χ0n) is 11.6. The largest absolute Gasteiger partial charge is 0.382 e. The molecule has 0 atom stereocenters. The number of nitrogens with one attached hydrogen (secondary N) is 1. The van der Waals surface area contributed by atoms with E-state index >= 15 is 0 Å². The van der Waals surface area contributed by atoms with Gasteiger partial charge in [-0.25, -0.2) is 0 Å². The summed E-state index contributed by atoms with van der Waals surface area (Å²) in [5.41, 5.74) is 2.12. The van der Waals surface area contributed by atoms with Crippen LogP contribution in [0.1, 0.15) is 32.9 Å². The summed E-state index contributed by atoms with van der Waals surface area (Å²) in [4.78, 5) is 0. The van der Waals surface area contributed by atoms with E-state index in [-0.39, 0.29) is 5.41 Å². The van der Waals surface area contributed by atoms with Crippen molar-refractivity contribution in [1.82, 2.24) is 10.2 Å². The SMILES string of the molecule is CCC(C)(C)CNc1c(C#N)nnc2ccccc12. The summed E-state index contributed by atoms with van der Waals surface area (Å²) in [6.45, 7) is 7.36. The summed E-state index contributed by atoms with van der Waals surface area (Å²) in [5, 5.41) is 21.5. The molecule has 4 heteroatoms. The van der Waals surface area contributed by atoms with Crippen molar-refractivity contribution in [2.45, 2.75) is 27.2 Å². The van der Waals surface area contributed by atoms with Crippen LogP contribution in [0.4, 0.5) is 5.69 Å². The number of nitrogens with zero attached hydrogens (tertiary/aromatic N) is 3. The van der Waals surface area contributed by atoms with E-state index in [0.717, 1.165) is 29.6 Å². The fourth-order valence-electron chi connectivity index (χ4n) is 1.76. The number of fused-ring (bicyclic) bond motifs is 1. The molecule has 1 aromatic carbocycles. The van der Waals surface area contributed by atoms with Gasteiger partial charge in [-0.2, -0.15) is 5.26 Å². The van der Waals surface area contributed by atoms with E-state index in [1.807, 2.05) is 24.3 Å². The molecule has 0 aliphatic rings. The molecule has 2 rings (SSSR count). The summed E-state index contributed by atoms with van der Waals surface area (Å²) < 4.78 is 0. The van der Waals surface area contributed by atoms with Crippen molar-refractivity contribution in [2.75, 3.05) is 11.9 Å². The zero-order chi connectivity index (χ0) is 13.9. The first-order valence-corrected chi connectivity index (χ1v) is 6.47. The molecular weight excluding hydrogens is 236 g/mol. The second-order valence-electron chi connectivity index (χ2n) is 5.42. The van der Waals surface area contributed by atoms with Crippen molar-refractivity contribution in [3.63, 3.8) is 0 Å². The summed E-state index contributed by atoms with van der Waals surface area (Å²) in [5.74, 6) is 0. The lowest BCUT2D eigenvalue weighted by Crippen LogP contribution is -2.22. The molecule has 1 heterocycles. The van der Waals surface area contributed by atoms with Gasteiger partial charge >= 0.3 is 0 Å². The molecule has 0 saturated carbocycles. The summed E-state index contributed by atoms with van der Waals surface area (Å²) >= 11 is 0. The predicted octanol–water partition coefficient (Wildman–Crippen LogP) is 3.35. The van der Waals surface area contributed by atoms with Crippen LogP contribution < -0.4 is 5.32 Å². The Morgan fingerprint density at radius 3 is 2.68 bits per heavy atom. The summed E-state index contributed by atoms with van der Waals surface area (Å²) in [7, 11) is 0. The minimum absolute atomic E-state index is 0.178. The molecular formula is C15H18N4. The van der Waals surface area contributed by atoms with Crippen LogP contribution >= 0.6 is 0 Å². The maximum absolute atomic E-state index is 9.17. The number of aromatic nitrogens is 2. The van der Waals surface area contributed by atoms with Crippen molar-refractivity contribution in [3.8, 4) is 6.07 Å². The standard InChI is InChI=1S/C15H18N4/c1-4-15(2,3)10-17-14-11-7-5-6-8-12(11)18-19-13(14)9-16/h5-8H,4,10H2,1-3H3,(H,17,18). The number of anilines is 1. The molecule has 0 amide bonds. The molecule has 0 unspecified atom stereocenters. The van der Waals surface area contributed by atoms with Crippen LogP contribution in [0.3, 0.4) is 0 Å².